The summed E-state index contributed by atoms with van der Waals surface area (Å²) >= 11 is 0. The summed E-state index contributed by atoms with van der Waals surface area (Å²) in [6.45, 7) is 1.26. The van der Waals surface area contributed by atoms with Crippen LogP contribution < -0.4 is 10.3 Å². The topological polar surface area (TPSA) is 87.3 Å². The highest BCUT2D eigenvalue weighted by molar-refractivity contribution is 6.04. The molecule has 2 fully saturated rings. The molecule has 0 amide bonds. The van der Waals surface area contributed by atoms with Gasteiger partial charge in [-0.2, -0.15) is 0 Å². The van der Waals surface area contributed by atoms with Crippen molar-refractivity contribution in [1.29, 1.82) is 0 Å². The Kier molecular flexibility index (Phi) is 4.49. The SMILES string of the molecule is O=C(O)c1cn(C2CC2)c2cc(N3CCC(N=C4C=CN=CC4)C3)c(F)cc2c1=O. The Morgan fingerprint density at radius 2 is 2.10 bits per heavy atom. The second-order valence-corrected chi connectivity index (χ2v) is 8.00. The summed E-state index contributed by atoms with van der Waals surface area (Å²) in [5.41, 5.74) is 1.03. The first-order valence-electron chi connectivity index (χ1n) is 10.1. The van der Waals surface area contributed by atoms with Crippen molar-refractivity contribution in [2.45, 2.75) is 37.8 Å². The zero-order valence-corrected chi connectivity index (χ0v) is 16.3. The van der Waals surface area contributed by atoms with Crippen molar-refractivity contribution in [1.82, 2.24) is 4.57 Å². The molecule has 3 heterocycles. The van der Waals surface area contributed by atoms with Gasteiger partial charge in [-0.05, 0) is 37.5 Å². The summed E-state index contributed by atoms with van der Waals surface area (Å²) in [4.78, 5) is 34.9. The molecule has 1 unspecified atom stereocenters. The minimum atomic E-state index is -1.29. The van der Waals surface area contributed by atoms with Gasteiger partial charge in [-0.25, -0.2) is 9.18 Å². The molecular formula is C22H21FN4O3. The third-order valence-corrected chi connectivity index (χ3v) is 5.88. The summed E-state index contributed by atoms with van der Waals surface area (Å²) in [6.07, 6.45) is 10.2. The minimum Gasteiger partial charge on any atom is -0.477 e. The number of rotatable bonds is 4. The number of carboxylic acids is 1. The van der Waals surface area contributed by atoms with Crippen LogP contribution in [0, 0.1) is 5.82 Å². The number of aliphatic imine (C=N–C) groups is 2. The van der Waals surface area contributed by atoms with E-state index in [2.05, 4.69) is 4.99 Å². The highest BCUT2D eigenvalue weighted by Gasteiger charge is 2.29. The maximum absolute atomic E-state index is 15.0. The standard InChI is InChI=1S/C22H21FN4O3/c23-18-9-16-19(27(15-1-2-15)12-17(21(16)28)22(29)30)10-20(18)26-8-5-14(11-26)25-13-3-6-24-7-4-13/h3,6-7,9-10,12,14-15H,1-2,4-5,8,11H2,(H,29,30). The molecule has 5 rings (SSSR count). The Morgan fingerprint density at radius 3 is 2.80 bits per heavy atom. The van der Waals surface area contributed by atoms with Crippen LogP contribution in [0.4, 0.5) is 10.1 Å². The number of carbonyl (C=O) groups is 1. The van der Waals surface area contributed by atoms with Crippen LogP contribution >= 0.6 is 0 Å². The average molecular weight is 408 g/mol. The number of fused-ring (bicyclic) bond motifs is 1. The molecule has 1 saturated heterocycles. The van der Waals surface area contributed by atoms with Crippen LogP contribution in [-0.4, -0.2) is 46.7 Å². The minimum absolute atomic E-state index is 0.0752. The molecule has 1 saturated carbocycles. The summed E-state index contributed by atoms with van der Waals surface area (Å²) in [5.74, 6) is -1.80. The predicted octanol–water partition coefficient (Wildman–Crippen LogP) is 3.18. The number of halogens is 1. The van der Waals surface area contributed by atoms with E-state index in [1.165, 1.54) is 12.3 Å². The molecule has 7 nitrogen and oxygen atoms in total. The lowest BCUT2D eigenvalue weighted by atomic mass is 10.1. The zero-order chi connectivity index (χ0) is 20.8. The number of aromatic nitrogens is 1. The third kappa shape index (κ3) is 3.32. The number of allylic oxidation sites excluding steroid dienone is 1. The molecule has 8 heteroatoms. The number of carboxylic acid groups (broad SMARTS) is 1. The van der Waals surface area contributed by atoms with Crippen molar-refractivity contribution in [3.63, 3.8) is 0 Å². The Balaban J connectivity index is 1.52. The maximum atomic E-state index is 15.0. The van der Waals surface area contributed by atoms with Gasteiger partial charge in [0, 0.05) is 55.3 Å². The lowest BCUT2D eigenvalue weighted by molar-refractivity contribution is 0.0695. The van der Waals surface area contributed by atoms with Crippen molar-refractivity contribution >= 4 is 34.5 Å². The highest BCUT2D eigenvalue weighted by atomic mass is 19.1. The van der Waals surface area contributed by atoms with Gasteiger partial charge in [0.25, 0.3) is 0 Å². The second kappa shape index (κ2) is 7.19. The average Bonchev–Trinajstić information content (AvgIpc) is 3.47. The van der Waals surface area contributed by atoms with Gasteiger partial charge in [0.05, 0.1) is 17.2 Å². The number of pyridine rings is 1. The van der Waals surface area contributed by atoms with E-state index in [9.17, 15) is 14.7 Å². The maximum Gasteiger partial charge on any atom is 0.341 e. The van der Waals surface area contributed by atoms with E-state index in [0.717, 1.165) is 25.0 Å². The van der Waals surface area contributed by atoms with Crippen LogP contribution in [0.15, 0.2) is 45.4 Å². The molecule has 1 aliphatic carbocycles. The number of nitrogens with zero attached hydrogens (tertiary/aromatic N) is 4. The van der Waals surface area contributed by atoms with Crippen molar-refractivity contribution in [3.8, 4) is 0 Å². The van der Waals surface area contributed by atoms with Crippen LogP contribution in [0.1, 0.15) is 42.1 Å². The Labute approximate surface area is 171 Å². The first-order valence-corrected chi connectivity index (χ1v) is 10.1. The second-order valence-electron chi connectivity index (χ2n) is 8.00. The lowest BCUT2D eigenvalue weighted by Crippen LogP contribution is -2.24. The molecule has 1 atom stereocenters. The van der Waals surface area contributed by atoms with Gasteiger partial charge < -0.3 is 14.6 Å². The van der Waals surface area contributed by atoms with Gasteiger partial charge in [-0.1, -0.05) is 0 Å². The van der Waals surface area contributed by atoms with Crippen LogP contribution in [0.5, 0.6) is 0 Å². The van der Waals surface area contributed by atoms with E-state index in [4.69, 9.17) is 4.99 Å². The molecule has 1 N–H and O–H groups in total. The first-order chi connectivity index (χ1) is 14.5. The molecule has 2 aliphatic heterocycles. The Hall–Kier alpha value is -3.29. The summed E-state index contributed by atoms with van der Waals surface area (Å²) in [5, 5.41) is 9.49. The largest absolute Gasteiger partial charge is 0.477 e. The smallest absolute Gasteiger partial charge is 0.341 e. The van der Waals surface area contributed by atoms with Crippen LogP contribution in [0.25, 0.3) is 10.9 Å². The van der Waals surface area contributed by atoms with E-state index >= 15 is 4.39 Å². The summed E-state index contributed by atoms with van der Waals surface area (Å²) < 4.78 is 16.8. The Morgan fingerprint density at radius 1 is 1.27 bits per heavy atom. The van der Waals surface area contributed by atoms with Crippen molar-refractivity contribution in [2.75, 3.05) is 18.0 Å². The van der Waals surface area contributed by atoms with Gasteiger partial charge >= 0.3 is 5.97 Å². The molecule has 0 bridgehead atoms. The fraction of sp³-hybridized carbons (Fsp3) is 0.364. The highest BCUT2D eigenvalue weighted by Crippen LogP contribution is 2.38. The van der Waals surface area contributed by atoms with Crippen LogP contribution in [0.3, 0.4) is 0 Å². The van der Waals surface area contributed by atoms with Gasteiger partial charge in [-0.3, -0.25) is 14.8 Å². The third-order valence-electron chi connectivity index (χ3n) is 5.88. The number of hydrogen-bond donors (Lipinski definition) is 1. The molecule has 1 aromatic carbocycles. The van der Waals surface area contributed by atoms with E-state index < -0.39 is 17.2 Å². The molecule has 3 aliphatic rings. The molecule has 0 spiro atoms. The molecule has 154 valence electrons. The molecule has 0 radical (unpaired) electrons. The fourth-order valence-electron chi connectivity index (χ4n) is 4.21. The monoisotopic (exact) mass is 408 g/mol. The van der Waals surface area contributed by atoms with E-state index in [1.807, 2.05) is 21.8 Å². The van der Waals surface area contributed by atoms with Crippen molar-refractivity contribution in [2.24, 2.45) is 9.98 Å². The van der Waals surface area contributed by atoms with Crippen LogP contribution in [0.2, 0.25) is 0 Å². The van der Waals surface area contributed by atoms with Crippen LogP contribution in [-0.2, 0) is 0 Å². The lowest BCUT2D eigenvalue weighted by Gasteiger charge is -2.21. The quantitative estimate of drug-likeness (QED) is 0.842. The first kappa shape index (κ1) is 18.7. The van der Waals surface area contributed by atoms with E-state index in [0.29, 0.717) is 30.7 Å². The number of benzene rings is 1. The fourth-order valence-corrected chi connectivity index (χ4v) is 4.21. The number of hydrogen-bond acceptors (Lipinski definition) is 5. The van der Waals surface area contributed by atoms with Gasteiger partial charge in [-0.15, -0.1) is 0 Å². The van der Waals surface area contributed by atoms with E-state index in [-0.39, 0.29) is 23.0 Å². The molecule has 1 aromatic heterocycles. The zero-order valence-electron chi connectivity index (χ0n) is 16.3. The normalized spacial score (nSPS) is 22.4. The van der Waals surface area contributed by atoms with Gasteiger partial charge in [0.15, 0.2) is 0 Å². The summed E-state index contributed by atoms with van der Waals surface area (Å²) in [7, 11) is 0. The van der Waals surface area contributed by atoms with Gasteiger partial charge in [0.1, 0.15) is 11.4 Å². The Bertz CT molecular complexity index is 1190. The number of anilines is 1. The number of aromatic carboxylic acids is 1. The summed E-state index contributed by atoms with van der Waals surface area (Å²) in [6, 6.07) is 3.12. The molecular weight excluding hydrogens is 387 g/mol. The van der Waals surface area contributed by atoms with Crippen molar-refractivity contribution in [3.05, 3.63) is 52.2 Å². The van der Waals surface area contributed by atoms with Gasteiger partial charge in [0.2, 0.25) is 5.43 Å². The predicted molar refractivity (Wildman–Crippen MR) is 114 cm³/mol. The van der Waals surface area contributed by atoms with E-state index in [1.54, 1.807) is 12.3 Å². The molecule has 30 heavy (non-hydrogen) atoms. The van der Waals surface area contributed by atoms with Crippen molar-refractivity contribution < 1.29 is 14.3 Å². The molecule has 2 aromatic rings.